The summed E-state index contributed by atoms with van der Waals surface area (Å²) in [6.07, 6.45) is 15.4. The van der Waals surface area contributed by atoms with Crippen molar-refractivity contribution in [1.29, 1.82) is 10.5 Å². The third-order valence-corrected chi connectivity index (χ3v) is 6.24. The van der Waals surface area contributed by atoms with Gasteiger partial charge in [-0.3, -0.25) is 0 Å². The molecule has 0 unspecified atom stereocenters. The van der Waals surface area contributed by atoms with Crippen LogP contribution in [0.1, 0.15) is 68.4 Å². The van der Waals surface area contributed by atoms with Crippen molar-refractivity contribution in [2.24, 2.45) is 17.8 Å². The quantitative estimate of drug-likeness (QED) is 0.449. The highest BCUT2D eigenvalue weighted by molar-refractivity contribution is 5.33. The Hall–Kier alpha value is -2.39. The van der Waals surface area contributed by atoms with Gasteiger partial charge in [-0.1, -0.05) is 24.3 Å². The lowest BCUT2D eigenvalue weighted by atomic mass is 9.77. The van der Waals surface area contributed by atoms with Gasteiger partial charge in [-0.15, -0.1) is 0 Å². The molecule has 1 aromatic rings. The summed E-state index contributed by atoms with van der Waals surface area (Å²) in [5.41, 5.74) is 2.10. The lowest BCUT2D eigenvalue weighted by Crippen LogP contribution is -2.14. The van der Waals surface area contributed by atoms with E-state index >= 15 is 0 Å². The number of halogens is 1. The van der Waals surface area contributed by atoms with Crippen molar-refractivity contribution in [2.45, 2.75) is 57.3 Å². The van der Waals surface area contributed by atoms with Gasteiger partial charge in [0, 0.05) is 0 Å². The van der Waals surface area contributed by atoms with Crippen molar-refractivity contribution >= 4 is 0 Å². The number of allylic oxidation sites excluding steroid dienone is 4. The van der Waals surface area contributed by atoms with Gasteiger partial charge in [-0.2, -0.15) is 14.9 Å². The Balaban J connectivity index is 1.43. The van der Waals surface area contributed by atoms with Crippen LogP contribution in [0, 0.1) is 40.4 Å². The van der Waals surface area contributed by atoms with E-state index in [0.717, 1.165) is 31.2 Å². The first-order chi connectivity index (χ1) is 13.2. The molecular weight excluding hydrogens is 335 g/mol. The summed E-state index contributed by atoms with van der Waals surface area (Å²) in [5, 5.41) is 17.5. The van der Waals surface area contributed by atoms with Gasteiger partial charge in [-0.25, -0.2) is 0 Å². The van der Waals surface area contributed by atoms with E-state index in [1.54, 1.807) is 6.07 Å². The first-order valence-electron chi connectivity index (χ1n) is 10.1. The van der Waals surface area contributed by atoms with Gasteiger partial charge in [0.1, 0.15) is 6.07 Å². The number of hydrogen-bond acceptors (Lipinski definition) is 2. The van der Waals surface area contributed by atoms with E-state index in [9.17, 15) is 4.39 Å². The first kappa shape index (κ1) is 19.4. The number of nitrogens with zero attached hydrogens (tertiary/aromatic N) is 2. The molecule has 2 aliphatic rings. The third-order valence-electron chi connectivity index (χ3n) is 6.24. The van der Waals surface area contributed by atoms with E-state index in [1.807, 2.05) is 12.1 Å². The molecule has 140 valence electrons. The lowest BCUT2D eigenvalue weighted by Gasteiger charge is -2.28. The van der Waals surface area contributed by atoms with Crippen LogP contribution in [0.5, 0.6) is 0 Å². The van der Waals surface area contributed by atoms with Crippen molar-refractivity contribution in [2.75, 3.05) is 0 Å². The molecule has 2 saturated carbocycles. The second-order valence-electron chi connectivity index (χ2n) is 8.03. The Kier molecular flexibility index (Phi) is 6.83. The standard InChI is InChI=1S/C24H27FN2/c25-24(17-27)15-20-5-3-18(4-6-20)1-2-19-7-11-22(12-8-19)23-13-9-21(16-26)10-14-23/h1-2,9-10,13-15,18-20,22H,3-8,11-12H2. The van der Waals surface area contributed by atoms with Crippen LogP contribution in [0.4, 0.5) is 4.39 Å². The molecule has 3 heteroatoms. The van der Waals surface area contributed by atoms with Crippen molar-refractivity contribution in [1.82, 2.24) is 0 Å². The number of rotatable bonds is 4. The first-order valence-corrected chi connectivity index (χ1v) is 10.1. The van der Waals surface area contributed by atoms with Crippen LogP contribution in [0.15, 0.2) is 48.3 Å². The molecule has 0 saturated heterocycles. The van der Waals surface area contributed by atoms with Crippen LogP contribution in [0.2, 0.25) is 0 Å². The molecule has 0 amide bonds. The molecule has 0 N–H and O–H groups in total. The maximum atomic E-state index is 13.1. The van der Waals surface area contributed by atoms with Crippen molar-refractivity contribution < 1.29 is 4.39 Å². The van der Waals surface area contributed by atoms with Gasteiger partial charge in [0.25, 0.3) is 0 Å². The molecule has 0 aliphatic heterocycles. The van der Waals surface area contributed by atoms with E-state index < -0.39 is 5.83 Å². The SMILES string of the molecule is N#CC(F)=CC1CCC(C=CC2CCC(c3ccc(C#N)cc3)CC2)CC1. The molecule has 0 aromatic heterocycles. The Morgan fingerprint density at radius 1 is 0.815 bits per heavy atom. The molecule has 1 aromatic carbocycles. The van der Waals surface area contributed by atoms with Crippen LogP contribution in [-0.2, 0) is 0 Å². The average molecular weight is 362 g/mol. The molecule has 0 heterocycles. The molecule has 0 radical (unpaired) electrons. The molecule has 2 fully saturated rings. The van der Waals surface area contributed by atoms with E-state index in [2.05, 4.69) is 30.4 Å². The van der Waals surface area contributed by atoms with E-state index in [1.165, 1.54) is 37.3 Å². The normalized spacial score (nSPS) is 29.2. The highest BCUT2D eigenvalue weighted by Crippen LogP contribution is 2.37. The molecular formula is C24H27FN2. The van der Waals surface area contributed by atoms with Crippen molar-refractivity contribution in [3.63, 3.8) is 0 Å². The smallest absolute Gasteiger partial charge is 0.195 e. The number of nitriles is 2. The van der Waals surface area contributed by atoms with Crippen LogP contribution < -0.4 is 0 Å². The zero-order valence-electron chi connectivity index (χ0n) is 15.8. The predicted molar refractivity (Wildman–Crippen MR) is 105 cm³/mol. The highest BCUT2D eigenvalue weighted by atomic mass is 19.1. The maximum absolute atomic E-state index is 13.1. The highest BCUT2D eigenvalue weighted by Gasteiger charge is 2.22. The topological polar surface area (TPSA) is 47.6 Å². The summed E-state index contributed by atoms with van der Waals surface area (Å²) >= 11 is 0. The van der Waals surface area contributed by atoms with Crippen LogP contribution in [-0.4, -0.2) is 0 Å². The Labute approximate surface area is 162 Å². The second kappa shape index (κ2) is 9.52. The van der Waals surface area contributed by atoms with Gasteiger partial charge in [-0.05, 0) is 98.8 Å². The second-order valence-corrected chi connectivity index (χ2v) is 8.03. The van der Waals surface area contributed by atoms with Gasteiger partial charge < -0.3 is 0 Å². The largest absolute Gasteiger partial charge is 0.196 e. The van der Waals surface area contributed by atoms with Crippen LogP contribution in [0.25, 0.3) is 0 Å². The fourth-order valence-corrected chi connectivity index (χ4v) is 4.54. The summed E-state index contributed by atoms with van der Waals surface area (Å²) in [4.78, 5) is 0. The zero-order chi connectivity index (χ0) is 19.1. The summed E-state index contributed by atoms with van der Waals surface area (Å²) in [7, 11) is 0. The van der Waals surface area contributed by atoms with Gasteiger partial charge in [0.15, 0.2) is 5.83 Å². The average Bonchev–Trinajstić information content (AvgIpc) is 2.73. The minimum atomic E-state index is -0.631. The molecule has 0 bridgehead atoms. The van der Waals surface area contributed by atoms with Crippen LogP contribution >= 0.6 is 0 Å². The maximum Gasteiger partial charge on any atom is 0.196 e. The fraction of sp³-hybridized carbons (Fsp3) is 0.500. The molecule has 0 spiro atoms. The number of hydrogen-bond donors (Lipinski definition) is 0. The van der Waals surface area contributed by atoms with E-state index in [4.69, 9.17) is 10.5 Å². The van der Waals surface area contributed by atoms with E-state index in [0.29, 0.717) is 17.8 Å². The minimum absolute atomic E-state index is 0.233. The van der Waals surface area contributed by atoms with E-state index in [-0.39, 0.29) is 5.92 Å². The Bertz CT molecular complexity index is 747. The summed E-state index contributed by atoms with van der Waals surface area (Å²) in [6.45, 7) is 0. The summed E-state index contributed by atoms with van der Waals surface area (Å²) < 4.78 is 13.1. The molecule has 27 heavy (non-hydrogen) atoms. The fourth-order valence-electron chi connectivity index (χ4n) is 4.54. The van der Waals surface area contributed by atoms with Gasteiger partial charge >= 0.3 is 0 Å². The Morgan fingerprint density at radius 3 is 1.85 bits per heavy atom. The summed E-state index contributed by atoms with van der Waals surface area (Å²) in [5.74, 6) is 1.51. The third kappa shape index (κ3) is 5.54. The minimum Gasteiger partial charge on any atom is -0.195 e. The molecule has 0 atom stereocenters. The van der Waals surface area contributed by atoms with Gasteiger partial charge in [0.2, 0.25) is 0 Å². The zero-order valence-corrected chi connectivity index (χ0v) is 15.8. The summed E-state index contributed by atoms with van der Waals surface area (Å²) in [6, 6.07) is 11.8. The number of benzene rings is 1. The molecule has 2 aliphatic carbocycles. The Morgan fingerprint density at radius 2 is 1.33 bits per heavy atom. The van der Waals surface area contributed by atoms with Crippen molar-refractivity contribution in [3.8, 4) is 12.1 Å². The van der Waals surface area contributed by atoms with Crippen molar-refractivity contribution in [3.05, 3.63) is 59.4 Å². The lowest BCUT2D eigenvalue weighted by molar-refractivity contribution is 0.346. The predicted octanol–water partition coefficient (Wildman–Crippen LogP) is 6.57. The molecule has 2 nitrogen and oxygen atoms in total. The van der Waals surface area contributed by atoms with Gasteiger partial charge in [0.05, 0.1) is 11.6 Å². The van der Waals surface area contributed by atoms with Crippen LogP contribution in [0.3, 0.4) is 0 Å². The monoisotopic (exact) mass is 362 g/mol. The molecule has 3 rings (SSSR count).